The Balaban J connectivity index is 2.80. The molecule has 1 fully saturated rings. The second-order valence-electron chi connectivity index (χ2n) is 5.17. The lowest BCUT2D eigenvalue weighted by molar-refractivity contribution is -0.193. The summed E-state index contributed by atoms with van der Waals surface area (Å²) < 4.78 is 4.56. The Morgan fingerprint density at radius 2 is 2.00 bits per heavy atom. The first kappa shape index (κ1) is 12.3. The largest absolute Gasteiger partial charge is 0.453 e. The van der Waals surface area contributed by atoms with Crippen LogP contribution in [0.3, 0.4) is 0 Å². The van der Waals surface area contributed by atoms with Gasteiger partial charge < -0.3 is 15.3 Å². The van der Waals surface area contributed by atoms with E-state index in [9.17, 15) is 10.0 Å². The van der Waals surface area contributed by atoms with Crippen molar-refractivity contribution in [3.63, 3.8) is 0 Å². The van der Waals surface area contributed by atoms with Crippen LogP contribution in [-0.2, 0) is 4.74 Å². The van der Waals surface area contributed by atoms with Gasteiger partial charge in [-0.1, -0.05) is 0 Å². The number of hydroxylamine groups is 2. The quantitative estimate of drug-likeness (QED) is 0.694. The molecule has 0 bridgehead atoms. The zero-order valence-corrected chi connectivity index (χ0v) is 10.00. The number of amides is 1. The summed E-state index contributed by atoms with van der Waals surface area (Å²) in [7, 11) is 1.33. The van der Waals surface area contributed by atoms with Crippen LogP contribution in [0.15, 0.2) is 0 Å². The molecule has 1 unspecified atom stereocenters. The molecular weight excluding hydrogens is 196 g/mol. The molecule has 0 aromatic rings. The topological polar surface area (TPSA) is 61.8 Å². The minimum absolute atomic E-state index is 0.120. The van der Waals surface area contributed by atoms with Crippen LogP contribution < -0.4 is 5.32 Å². The molecule has 5 nitrogen and oxygen atoms in total. The lowest BCUT2D eigenvalue weighted by Crippen LogP contribution is -2.53. The van der Waals surface area contributed by atoms with Crippen molar-refractivity contribution in [3.05, 3.63) is 0 Å². The molecule has 0 aromatic heterocycles. The second kappa shape index (κ2) is 3.64. The second-order valence-corrected chi connectivity index (χ2v) is 5.17. The zero-order chi connectivity index (χ0) is 11.9. The SMILES string of the molecule is COC(=O)NC1CC(C)(C)N(O)C1(C)C. The Hall–Kier alpha value is -0.810. The normalized spacial score (nSPS) is 28.8. The van der Waals surface area contributed by atoms with Crippen LogP contribution in [0.1, 0.15) is 34.1 Å². The molecule has 1 aliphatic heterocycles. The van der Waals surface area contributed by atoms with Gasteiger partial charge in [0.1, 0.15) is 0 Å². The van der Waals surface area contributed by atoms with Crippen LogP contribution >= 0.6 is 0 Å². The van der Waals surface area contributed by atoms with E-state index in [1.807, 2.05) is 27.7 Å². The Labute approximate surface area is 90.4 Å². The maximum Gasteiger partial charge on any atom is 0.407 e. The fourth-order valence-electron chi connectivity index (χ4n) is 2.19. The number of rotatable bonds is 1. The number of hydrogen-bond donors (Lipinski definition) is 2. The Morgan fingerprint density at radius 3 is 2.33 bits per heavy atom. The van der Waals surface area contributed by atoms with Crippen molar-refractivity contribution in [3.8, 4) is 0 Å². The van der Waals surface area contributed by atoms with Gasteiger partial charge in [0, 0.05) is 5.54 Å². The van der Waals surface area contributed by atoms with Gasteiger partial charge in [-0.3, -0.25) is 0 Å². The summed E-state index contributed by atoms with van der Waals surface area (Å²) in [4.78, 5) is 11.1. The van der Waals surface area contributed by atoms with E-state index in [1.165, 1.54) is 12.2 Å². The van der Waals surface area contributed by atoms with E-state index in [-0.39, 0.29) is 11.6 Å². The van der Waals surface area contributed by atoms with E-state index < -0.39 is 11.6 Å². The molecule has 1 aliphatic rings. The Kier molecular flexibility index (Phi) is 2.98. The predicted molar refractivity (Wildman–Crippen MR) is 55.7 cm³/mol. The van der Waals surface area contributed by atoms with Crippen molar-refractivity contribution in [1.82, 2.24) is 10.4 Å². The number of carbonyl (C=O) groups is 1. The highest BCUT2D eigenvalue weighted by Gasteiger charge is 2.51. The molecule has 1 heterocycles. The summed E-state index contributed by atoms with van der Waals surface area (Å²) in [5.74, 6) is 0. The van der Waals surface area contributed by atoms with Crippen molar-refractivity contribution >= 4 is 6.09 Å². The average Bonchev–Trinajstić information content (AvgIpc) is 2.27. The third-order valence-corrected chi connectivity index (χ3v) is 3.15. The maximum atomic E-state index is 11.1. The Morgan fingerprint density at radius 1 is 1.47 bits per heavy atom. The molecule has 1 amide bonds. The van der Waals surface area contributed by atoms with Gasteiger partial charge in [-0.25, -0.2) is 4.79 Å². The van der Waals surface area contributed by atoms with Gasteiger partial charge in [-0.2, -0.15) is 5.06 Å². The van der Waals surface area contributed by atoms with Crippen LogP contribution in [0, 0.1) is 0 Å². The van der Waals surface area contributed by atoms with Gasteiger partial charge in [0.2, 0.25) is 0 Å². The van der Waals surface area contributed by atoms with Gasteiger partial charge in [0.05, 0.1) is 18.7 Å². The van der Waals surface area contributed by atoms with E-state index in [4.69, 9.17) is 0 Å². The van der Waals surface area contributed by atoms with Crippen LogP contribution in [0.5, 0.6) is 0 Å². The predicted octanol–water partition coefficient (Wildman–Crippen LogP) is 1.36. The fourth-order valence-corrected chi connectivity index (χ4v) is 2.19. The summed E-state index contributed by atoms with van der Waals surface area (Å²) in [6.45, 7) is 7.66. The van der Waals surface area contributed by atoms with E-state index >= 15 is 0 Å². The third kappa shape index (κ3) is 2.08. The van der Waals surface area contributed by atoms with E-state index in [0.717, 1.165) is 0 Å². The molecule has 1 saturated heterocycles. The summed E-state index contributed by atoms with van der Waals surface area (Å²) in [5.41, 5.74) is -0.827. The number of hydrogen-bond acceptors (Lipinski definition) is 4. The monoisotopic (exact) mass is 216 g/mol. The smallest absolute Gasteiger partial charge is 0.407 e. The standard InChI is InChI=1S/C10H20N2O3/c1-9(2)6-7(11-8(13)15-5)10(3,4)12(9)14/h7,14H,6H2,1-5H3,(H,11,13). The molecule has 0 radical (unpaired) electrons. The molecule has 0 aliphatic carbocycles. The third-order valence-electron chi connectivity index (χ3n) is 3.15. The van der Waals surface area contributed by atoms with E-state index in [1.54, 1.807) is 0 Å². The molecule has 0 aromatic carbocycles. The Bertz CT molecular complexity index is 263. The van der Waals surface area contributed by atoms with Crippen molar-refractivity contribution < 1.29 is 14.7 Å². The number of alkyl carbamates (subject to hydrolysis) is 1. The maximum absolute atomic E-state index is 11.1. The molecule has 88 valence electrons. The van der Waals surface area contributed by atoms with Gasteiger partial charge in [-0.15, -0.1) is 0 Å². The van der Waals surface area contributed by atoms with Crippen LogP contribution in [0.4, 0.5) is 4.79 Å². The van der Waals surface area contributed by atoms with Gasteiger partial charge in [0.25, 0.3) is 0 Å². The molecular formula is C10H20N2O3. The van der Waals surface area contributed by atoms with Crippen LogP contribution in [0.2, 0.25) is 0 Å². The van der Waals surface area contributed by atoms with Gasteiger partial charge in [-0.05, 0) is 34.1 Å². The summed E-state index contributed by atoms with van der Waals surface area (Å²) in [6.07, 6.45) is 0.227. The number of nitrogens with zero attached hydrogens (tertiary/aromatic N) is 1. The minimum atomic E-state index is -0.488. The molecule has 1 atom stereocenters. The van der Waals surface area contributed by atoms with Gasteiger partial charge in [0.15, 0.2) is 0 Å². The van der Waals surface area contributed by atoms with E-state index in [2.05, 4.69) is 10.1 Å². The molecule has 1 rings (SSSR count). The zero-order valence-electron chi connectivity index (χ0n) is 10.00. The minimum Gasteiger partial charge on any atom is -0.453 e. The highest BCUT2D eigenvalue weighted by molar-refractivity contribution is 5.67. The van der Waals surface area contributed by atoms with Crippen LogP contribution in [0.25, 0.3) is 0 Å². The molecule has 2 N–H and O–H groups in total. The number of ether oxygens (including phenoxy) is 1. The first-order chi connectivity index (χ1) is 6.71. The molecule has 15 heavy (non-hydrogen) atoms. The lowest BCUT2D eigenvalue weighted by atomic mass is 9.94. The summed E-state index contributed by atoms with van der Waals surface area (Å²) >= 11 is 0. The number of carbonyl (C=O) groups excluding carboxylic acids is 1. The highest BCUT2D eigenvalue weighted by atomic mass is 16.5. The average molecular weight is 216 g/mol. The summed E-state index contributed by atoms with van der Waals surface area (Å²) in [6, 6.07) is -0.120. The molecule has 5 heteroatoms. The van der Waals surface area contributed by atoms with Crippen molar-refractivity contribution in [2.75, 3.05) is 7.11 Å². The fraction of sp³-hybridized carbons (Fsp3) is 0.900. The number of methoxy groups -OCH3 is 1. The summed E-state index contributed by atoms with van der Waals surface area (Å²) in [5, 5.41) is 14.0. The van der Waals surface area contributed by atoms with Crippen molar-refractivity contribution in [2.45, 2.75) is 51.2 Å². The van der Waals surface area contributed by atoms with E-state index in [0.29, 0.717) is 6.42 Å². The lowest BCUT2D eigenvalue weighted by Gasteiger charge is -2.35. The first-order valence-electron chi connectivity index (χ1n) is 5.05. The van der Waals surface area contributed by atoms with Gasteiger partial charge >= 0.3 is 6.09 Å². The first-order valence-corrected chi connectivity index (χ1v) is 5.05. The van der Waals surface area contributed by atoms with Crippen molar-refractivity contribution in [2.24, 2.45) is 0 Å². The highest BCUT2D eigenvalue weighted by Crippen LogP contribution is 2.38. The van der Waals surface area contributed by atoms with Crippen LogP contribution in [-0.4, -0.2) is 40.6 Å². The number of nitrogens with one attached hydrogen (secondary N) is 1. The molecule has 0 saturated carbocycles. The molecule has 0 spiro atoms. The van der Waals surface area contributed by atoms with Crippen molar-refractivity contribution in [1.29, 1.82) is 0 Å².